The number of aromatic hydroxyl groups is 1. The average molecular weight is 1180 g/mol. The summed E-state index contributed by atoms with van der Waals surface area (Å²) < 4.78 is 35.6. The van der Waals surface area contributed by atoms with E-state index in [-0.39, 0.29) is 80.8 Å². The van der Waals surface area contributed by atoms with Gasteiger partial charge in [0.2, 0.25) is 35.4 Å². The van der Waals surface area contributed by atoms with E-state index in [1.165, 1.54) is 66.7 Å². The van der Waals surface area contributed by atoms with Gasteiger partial charge >= 0.3 is 0 Å². The van der Waals surface area contributed by atoms with Gasteiger partial charge in [0, 0.05) is 31.2 Å². The first-order valence-electron chi connectivity index (χ1n) is 29.4. The van der Waals surface area contributed by atoms with E-state index in [0.717, 1.165) is 40.5 Å². The number of aliphatic hydroxyl groups excluding tert-OH is 1. The summed E-state index contributed by atoms with van der Waals surface area (Å²) in [5.41, 5.74) is 14.2. The van der Waals surface area contributed by atoms with Gasteiger partial charge < -0.3 is 62.8 Å². The molecule has 3 saturated heterocycles. The number of amides is 7. The van der Waals surface area contributed by atoms with Crippen LogP contribution in [-0.2, 0) is 45.3 Å². The highest BCUT2D eigenvalue weighted by atomic mass is 32.2. The van der Waals surface area contributed by atoms with Crippen molar-refractivity contribution >= 4 is 62.2 Å². The predicted octanol–water partition coefficient (Wildman–Crippen LogP) is 4.05. The van der Waals surface area contributed by atoms with Gasteiger partial charge in [0.05, 0.1) is 17.6 Å². The van der Waals surface area contributed by atoms with Crippen molar-refractivity contribution in [3.63, 3.8) is 0 Å². The topological polar surface area (TPSA) is 342 Å². The highest BCUT2D eigenvalue weighted by Crippen LogP contribution is 2.25. The monoisotopic (exact) mass is 1180 g/mol. The van der Waals surface area contributed by atoms with Gasteiger partial charge in [-0.05, 0) is 156 Å². The zero-order valence-corrected chi connectivity index (χ0v) is 49.2. The highest BCUT2D eigenvalue weighted by Gasteiger charge is 2.43. The van der Waals surface area contributed by atoms with E-state index in [4.69, 9.17) is 20.8 Å². The molecule has 0 aromatic heterocycles. The molecule has 0 bridgehead atoms. The Bertz CT molecular complexity index is 2980. The molecule has 8 atom stereocenters. The second-order valence-electron chi connectivity index (χ2n) is 22.1. The van der Waals surface area contributed by atoms with Crippen LogP contribution >= 0.6 is 0 Å². The van der Waals surface area contributed by atoms with Crippen LogP contribution in [0.3, 0.4) is 0 Å². The first kappa shape index (κ1) is 66.0. The molecule has 3 aliphatic heterocycles. The second kappa shape index (κ2) is 32.2. The molecule has 3 fully saturated rings. The van der Waals surface area contributed by atoms with Gasteiger partial charge in [0.25, 0.3) is 16.0 Å². The number of nitrogens with zero attached hydrogens (tertiary/aromatic N) is 2. The van der Waals surface area contributed by atoms with Gasteiger partial charge in [-0.1, -0.05) is 81.0 Å². The molecule has 12 N–H and O–H groups in total. The van der Waals surface area contributed by atoms with Gasteiger partial charge in [-0.3, -0.25) is 38.1 Å². The maximum absolute atomic E-state index is 14.5. The number of carbonyl (C=O) groups is 7. The zero-order valence-electron chi connectivity index (χ0n) is 48.4. The van der Waals surface area contributed by atoms with Crippen LogP contribution in [0.25, 0.3) is 10.8 Å². The van der Waals surface area contributed by atoms with E-state index >= 15 is 0 Å². The lowest BCUT2D eigenvalue weighted by atomic mass is 10.0. The molecule has 458 valence electrons. The van der Waals surface area contributed by atoms with Crippen LogP contribution in [0.4, 0.5) is 0 Å². The fourth-order valence-corrected chi connectivity index (χ4v) is 11.1. The lowest BCUT2D eigenvalue weighted by molar-refractivity contribution is -0.144. The van der Waals surface area contributed by atoms with E-state index < -0.39 is 99.9 Å². The molecule has 3 heterocycles. The summed E-state index contributed by atoms with van der Waals surface area (Å²) in [6.45, 7) is 6.52. The van der Waals surface area contributed by atoms with E-state index in [1.807, 2.05) is 25.1 Å². The summed E-state index contributed by atoms with van der Waals surface area (Å²) in [5, 5.41) is 36.6. The molecule has 23 heteroatoms. The van der Waals surface area contributed by atoms with Crippen LogP contribution in [0.15, 0.2) is 89.8 Å². The van der Waals surface area contributed by atoms with E-state index in [1.54, 1.807) is 42.5 Å². The molecule has 7 amide bonds. The van der Waals surface area contributed by atoms with Gasteiger partial charge in [0.1, 0.15) is 47.8 Å². The number of aliphatic hydroxyl groups is 1. The summed E-state index contributed by atoms with van der Waals surface area (Å²) in [4.78, 5) is 102. The van der Waals surface area contributed by atoms with E-state index in [9.17, 15) is 52.2 Å². The van der Waals surface area contributed by atoms with Crippen LogP contribution in [0.1, 0.15) is 132 Å². The number of hydrogen-bond acceptors (Lipinski definition) is 14. The van der Waals surface area contributed by atoms with Gasteiger partial charge in [-0.2, -0.15) is 8.42 Å². The molecule has 4 aromatic carbocycles. The Hall–Kier alpha value is -7.18. The number of ether oxygens (including phenoxy) is 1. The molecule has 0 saturated carbocycles. The molecule has 0 radical (unpaired) electrons. The summed E-state index contributed by atoms with van der Waals surface area (Å²) >= 11 is 0. The van der Waals surface area contributed by atoms with Crippen molar-refractivity contribution in [1.82, 2.24) is 36.4 Å². The lowest BCUT2D eigenvalue weighted by Gasteiger charge is -2.32. The summed E-state index contributed by atoms with van der Waals surface area (Å²) in [6, 6.07) is 15.5. The molecule has 0 spiro atoms. The SMILES string of the molecule is CCCCCCCCOc1ccc2cc(C(=O)N[C@H]3CCCNC(=O)[C@@H]4C[C@H](N)CN4C(=O)[C@H](CCCCN)NC(=O)[C@H](CCc4ccc(O)cc4)NC(=O)[C@@H]4CCCN4C(=O)[C@H]([C@@H](C)O)NC3=O)ccc2c1.Cc1ccc(S(=O)(=O)O)cc1. The van der Waals surface area contributed by atoms with Gasteiger partial charge in [-0.15, -0.1) is 0 Å². The summed E-state index contributed by atoms with van der Waals surface area (Å²) in [7, 11) is -4.02. The van der Waals surface area contributed by atoms with Crippen molar-refractivity contribution < 1.29 is 61.5 Å². The van der Waals surface area contributed by atoms with E-state index in [2.05, 4.69) is 33.5 Å². The molecule has 84 heavy (non-hydrogen) atoms. The minimum atomic E-state index is -4.02. The predicted molar refractivity (Wildman–Crippen MR) is 317 cm³/mol. The number of hydrogen-bond donors (Lipinski definition) is 10. The Morgan fingerprint density at radius 3 is 2.14 bits per heavy atom. The third-order valence-corrected chi connectivity index (χ3v) is 16.3. The number of nitrogens with two attached hydrogens (primary N) is 2. The standard InChI is InChI=1S/C54H77N9O10.C7H8O3S/c1-3-4-5-6-7-10-29-73-41-24-21-36-30-38(20-19-37(36)31-41)48(66)58-42-14-11-27-57-51(69)46-32-39(56)33-63(46)53(71)44(13-8-9-26-55)60-49(67)43(25-18-35-16-22-40(65)23-17-35)59-52(70)45-15-12-28-62(45)54(72)47(34(2)64)61-50(42)68;1-6-2-4-7(5-3-6)11(8,9)10/h16-17,19-24,30-31,34,39,42-47,64-65H,3-15,18,25-29,32-33,55-56H2,1-2H3,(H,57,69)(H,58,66)(H,59,70)(H,60,67)(H,61,68);2-5H,1H3,(H,8,9,10)/t34-,39+,42+,43+,44+,45+,46+,47+;/m1./s1. The van der Waals surface area contributed by atoms with Crippen molar-refractivity contribution in [1.29, 1.82) is 0 Å². The van der Waals surface area contributed by atoms with Crippen molar-refractivity contribution in [2.24, 2.45) is 11.5 Å². The minimum absolute atomic E-state index is 0.00614. The fraction of sp³-hybridized carbons (Fsp3) is 0.525. The molecule has 3 aliphatic rings. The minimum Gasteiger partial charge on any atom is -0.508 e. The number of unbranched alkanes of at least 4 members (excludes halogenated alkanes) is 6. The molecular formula is C61H85N9O13S. The van der Waals surface area contributed by atoms with Crippen molar-refractivity contribution in [2.45, 2.75) is 177 Å². The smallest absolute Gasteiger partial charge is 0.294 e. The lowest BCUT2D eigenvalue weighted by Crippen LogP contribution is -2.61. The van der Waals surface area contributed by atoms with Crippen LogP contribution in [0.5, 0.6) is 11.5 Å². The molecule has 0 aliphatic carbocycles. The first-order chi connectivity index (χ1) is 40.2. The Morgan fingerprint density at radius 2 is 1.44 bits per heavy atom. The Labute approximate surface area is 492 Å². The Kier molecular flexibility index (Phi) is 25.3. The second-order valence-corrected chi connectivity index (χ2v) is 23.5. The summed E-state index contributed by atoms with van der Waals surface area (Å²) in [5.74, 6) is -3.62. The fourth-order valence-electron chi connectivity index (χ4n) is 10.6. The maximum atomic E-state index is 14.5. The number of aryl methyl sites for hydroxylation is 2. The third-order valence-electron chi connectivity index (χ3n) is 15.4. The van der Waals surface area contributed by atoms with Crippen LogP contribution in [-0.4, -0.2) is 156 Å². The number of nitrogens with one attached hydrogen (secondary N) is 5. The number of phenols is 1. The van der Waals surface area contributed by atoms with Crippen LogP contribution < -0.4 is 42.8 Å². The van der Waals surface area contributed by atoms with Crippen LogP contribution in [0, 0.1) is 6.92 Å². The normalized spacial score (nSPS) is 22.5. The quantitative estimate of drug-likeness (QED) is 0.0468. The van der Waals surface area contributed by atoms with E-state index in [0.29, 0.717) is 32.4 Å². The Morgan fingerprint density at radius 1 is 0.750 bits per heavy atom. The van der Waals surface area contributed by atoms with Gasteiger partial charge in [-0.25, -0.2) is 0 Å². The van der Waals surface area contributed by atoms with Crippen molar-refractivity contribution in [2.75, 3.05) is 32.8 Å². The van der Waals surface area contributed by atoms with Gasteiger partial charge in [0.15, 0.2) is 0 Å². The highest BCUT2D eigenvalue weighted by molar-refractivity contribution is 7.85. The first-order valence-corrected chi connectivity index (χ1v) is 30.8. The number of carbonyl (C=O) groups excluding carboxylic acids is 7. The number of phenolic OH excluding ortho intramolecular Hbond substituents is 1. The number of rotatable bonds is 19. The Balaban J connectivity index is 0.000000921. The number of benzene rings is 4. The largest absolute Gasteiger partial charge is 0.508 e. The van der Waals surface area contributed by atoms with Crippen LogP contribution in [0.2, 0.25) is 0 Å². The van der Waals surface area contributed by atoms with Crippen molar-refractivity contribution in [3.8, 4) is 11.5 Å². The molecule has 4 aromatic rings. The molecular weight excluding hydrogens is 1100 g/mol. The zero-order chi connectivity index (χ0) is 60.9. The summed E-state index contributed by atoms with van der Waals surface area (Å²) in [6.07, 6.45) is 7.99. The molecule has 0 unspecified atom stereocenters. The third kappa shape index (κ3) is 19.4. The number of fused-ring (bicyclic) bond motifs is 3. The van der Waals surface area contributed by atoms with Crippen molar-refractivity contribution in [3.05, 3.63) is 102 Å². The average Bonchev–Trinajstić information content (AvgIpc) is 3.83. The molecule has 7 rings (SSSR count). The molecule has 22 nitrogen and oxygen atoms in total. The maximum Gasteiger partial charge on any atom is 0.294 e.